The number of rotatable bonds is 3. The highest BCUT2D eigenvalue weighted by Crippen LogP contribution is 2.23. The summed E-state index contributed by atoms with van der Waals surface area (Å²) in [5.41, 5.74) is 5.26. The maximum absolute atomic E-state index is 13.9. The van der Waals surface area contributed by atoms with Gasteiger partial charge in [-0.2, -0.15) is 5.10 Å². The van der Waals surface area contributed by atoms with Crippen LogP contribution >= 0.6 is 0 Å². The molecule has 2 aromatic rings. The summed E-state index contributed by atoms with van der Waals surface area (Å²) >= 11 is 0. The van der Waals surface area contributed by atoms with Crippen molar-refractivity contribution in [1.29, 1.82) is 0 Å². The first-order valence-electron chi connectivity index (χ1n) is 5.44. The van der Waals surface area contributed by atoms with Gasteiger partial charge in [0.05, 0.1) is 0 Å². The molecule has 0 saturated carbocycles. The minimum Gasteiger partial charge on any atom is -0.399 e. The molecule has 0 fully saturated rings. The van der Waals surface area contributed by atoms with Crippen LogP contribution in [0.4, 0.5) is 15.9 Å². The van der Waals surface area contributed by atoms with Gasteiger partial charge in [-0.15, -0.1) is 0 Å². The Balaban J connectivity index is 2.45. The van der Waals surface area contributed by atoms with Gasteiger partial charge >= 0.3 is 0 Å². The van der Waals surface area contributed by atoms with E-state index in [0.717, 1.165) is 18.2 Å². The lowest BCUT2D eigenvalue weighted by atomic mass is 10.2. The zero-order valence-electron chi connectivity index (χ0n) is 10.3. The smallest absolute Gasteiger partial charge is 0.266 e. The molecule has 9 heteroatoms. The standard InChI is InChI=1S/C11H11FN4O3S/c1-6-4-7(13)5-8(11(6)12)20(18,19)16-9-2-3-10(17)15-14-9/h2-5H,13H2,1H3,(H,14,16)(H,15,17). The highest BCUT2D eigenvalue weighted by molar-refractivity contribution is 7.92. The van der Waals surface area contributed by atoms with Crippen LogP contribution in [0.3, 0.4) is 0 Å². The Bertz CT molecular complexity index is 796. The van der Waals surface area contributed by atoms with Gasteiger partial charge in [0.1, 0.15) is 10.7 Å². The summed E-state index contributed by atoms with van der Waals surface area (Å²) in [6, 6.07) is 4.59. The fourth-order valence-corrected chi connectivity index (χ4v) is 2.74. The van der Waals surface area contributed by atoms with Crippen molar-refractivity contribution < 1.29 is 12.8 Å². The Morgan fingerprint density at radius 2 is 2.05 bits per heavy atom. The second-order valence-electron chi connectivity index (χ2n) is 4.06. The van der Waals surface area contributed by atoms with E-state index in [-0.39, 0.29) is 17.1 Å². The molecule has 0 radical (unpaired) electrons. The summed E-state index contributed by atoms with van der Waals surface area (Å²) in [5.74, 6) is -1.03. The quantitative estimate of drug-likeness (QED) is 0.717. The van der Waals surface area contributed by atoms with Crippen molar-refractivity contribution in [3.05, 3.63) is 46.0 Å². The SMILES string of the molecule is Cc1cc(N)cc(S(=O)(=O)Nc2ccc(=O)[nH]n2)c1F. The second-order valence-corrected chi connectivity index (χ2v) is 5.71. The molecule has 7 nitrogen and oxygen atoms in total. The summed E-state index contributed by atoms with van der Waals surface area (Å²) in [6.45, 7) is 1.41. The minimum atomic E-state index is -4.19. The zero-order chi connectivity index (χ0) is 14.9. The number of aryl methyl sites for hydroxylation is 1. The van der Waals surface area contributed by atoms with Gasteiger partial charge in [0.2, 0.25) is 0 Å². The lowest BCUT2D eigenvalue weighted by molar-refractivity contribution is 0.565. The van der Waals surface area contributed by atoms with Gasteiger partial charge < -0.3 is 5.73 Å². The van der Waals surface area contributed by atoms with Crippen molar-refractivity contribution in [1.82, 2.24) is 10.2 Å². The molecule has 106 valence electrons. The van der Waals surface area contributed by atoms with E-state index < -0.39 is 26.3 Å². The largest absolute Gasteiger partial charge is 0.399 e. The molecule has 0 amide bonds. The fraction of sp³-hybridized carbons (Fsp3) is 0.0909. The van der Waals surface area contributed by atoms with Crippen molar-refractivity contribution in [2.75, 3.05) is 10.5 Å². The Morgan fingerprint density at radius 3 is 2.65 bits per heavy atom. The van der Waals surface area contributed by atoms with E-state index in [1.165, 1.54) is 13.0 Å². The van der Waals surface area contributed by atoms with Gasteiger partial charge in [-0.1, -0.05) is 0 Å². The molecule has 1 aromatic carbocycles. The van der Waals surface area contributed by atoms with Gasteiger partial charge in [-0.25, -0.2) is 17.9 Å². The number of nitrogen functional groups attached to an aromatic ring is 1. The van der Waals surface area contributed by atoms with Crippen molar-refractivity contribution in [3.8, 4) is 0 Å². The van der Waals surface area contributed by atoms with E-state index in [1.54, 1.807) is 0 Å². The summed E-state index contributed by atoms with van der Waals surface area (Å²) in [7, 11) is -4.19. The molecular weight excluding hydrogens is 287 g/mol. The van der Waals surface area contributed by atoms with Crippen LogP contribution in [-0.4, -0.2) is 18.6 Å². The van der Waals surface area contributed by atoms with Crippen LogP contribution in [0.15, 0.2) is 34.0 Å². The molecule has 0 aliphatic heterocycles. The summed E-state index contributed by atoms with van der Waals surface area (Å²) in [4.78, 5) is 10.2. The number of aromatic nitrogens is 2. The Labute approximate surface area is 113 Å². The van der Waals surface area contributed by atoms with Crippen LogP contribution in [0.5, 0.6) is 0 Å². The Hall–Kier alpha value is -2.42. The number of hydrogen-bond acceptors (Lipinski definition) is 5. The number of anilines is 2. The molecule has 0 spiro atoms. The molecule has 0 saturated heterocycles. The minimum absolute atomic E-state index is 0.111. The predicted octanol–water partition coefficient (Wildman–Crippen LogP) is 0.600. The van der Waals surface area contributed by atoms with E-state index in [9.17, 15) is 17.6 Å². The van der Waals surface area contributed by atoms with Gasteiger partial charge in [-0.05, 0) is 30.7 Å². The number of nitrogens with zero attached hydrogens (tertiary/aromatic N) is 1. The Kier molecular flexibility index (Phi) is 3.45. The number of H-pyrrole nitrogens is 1. The summed E-state index contributed by atoms with van der Waals surface area (Å²) in [6.07, 6.45) is 0. The van der Waals surface area contributed by atoms with Crippen LogP contribution in [0.2, 0.25) is 0 Å². The lowest BCUT2D eigenvalue weighted by Gasteiger charge is -2.10. The first-order valence-corrected chi connectivity index (χ1v) is 6.92. The van der Waals surface area contributed by atoms with Crippen molar-refractivity contribution >= 4 is 21.5 Å². The van der Waals surface area contributed by atoms with Crippen molar-refractivity contribution in [3.63, 3.8) is 0 Å². The summed E-state index contributed by atoms with van der Waals surface area (Å²) < 4.78 is 40.1. The molecule has 0 unspecified atom stereocenters. The number of hydrogen-bond donors (Lipinski definition) is 3. The van der Waals surface area contributed by atoms with Crippen LogP contribution in [-0.2, 0) is 10.0 Å². The highest BCUT2D eigenvalue weighted by atomic mass is 32.2. The maximum atomic E-state index is 13.9. The fourth-order valence-electron chi connectivity index (χ4n) is 1.55. The van der Waals surface area contributed by atoms with Crippen LogP contribution in [0, 0.1) is 12.7 Å². The average molecular weight is 298 g/mol. The van der Waals surface area contributed by atoms with Gasteiger partial charge in [-0.3, -0.25) is 9.52 Å². The lowest BCUT2D eigenvalue weighted by Crippen LogP contribution is -2.18. The normalized spacial score (nSPS) is 11.3. The molecule has 0 bridgehead atoms. The molecule has 0 atom stereocenters. The van der Waals surface area contributed by atoms with Crippen molar-refractivity contribution in [2.45, 2.75) is 11.8 Å². The molecule has 0 aliphatic carbocycles. The molecule has 4 N–H and O–H groups in total. The van der Waals surface area contributed by atoms with E-state index in [4.69, 9.17) is 5.73 Å². The number of aromatic amines is 1. The third-order valence-electron chi connectivity index (χ3n) is 2.45. The number of nitrogens with one attached hydrogen (secondary N) is 2. The van der Waals surface area contributed by atoms with Gasteiger partial charge in [0.15, 0.2) is 5.82 Å². The number of nitrogens with two attached hydrogens (primary N) is 1. The molecular formula is C11H11FN4O3S. The monoisotopic (exact) mass is 298 g/mol. The molecule has 1 aromatic heterocycles. The molecule has 0 aliphatic rings. The molecule has 20 heavy (non-hydrogen) atoms. The topological polar surface area (TPSA) is 118 Å². The van der Waals surface area contributed by atoms with E-state index in [0.29, 0.717) is 0 Å². The first-order chi connectivity index (χ1) is 9.29. The predicted molar refractivity (Wildman–Crippen MR) is 71.2 cm³/mol. The van der Waals surface area contributed by atoms with E-state index >= 15 is 0 Å². The third-order valence-corrected chi connectivity index (χ3v) is 3.81. The van der Waals surface area contributed by atoms with Gasteiger partial charge in [0, 0.05) is 11.8 Å². The van der Waals surface area contributed by atoms with E-state index in [2.05, 4.69) is 14.9 Å². The third kappa shape index (κ3) is 2.77. The van der Waals surface area contributed by atoms with E-state index in [1.807, 2.05) is 0 Å². The first kappa shape index (κ1) is 14.0. The molecule has 1 heterocycles. The van der Waals surface area contributed by atoms with Gasteiger partial charge in [0.25, 0.3) is 15.6 Å². The number of sulfonamides is 1. The maximum Gasteiger partial charge on any atom is 0.266 e. The Morgan fingerprint density at radius 1 is 1.35 bits per heavy atom. The highest BCUT2D eigenvalue weighted by Gasteiger charge is 2.21. The second kappa shape index (κ2) is 4.93. The average Bonchev–Trinajstić information content (AvgIpc) is 2.36. The van der Waals surface area contributed by atoms with Crippen LogP contribution in [0.1, 0.15) is 5.56 Å². The van der Waals surface area contributed by atoms with Crippen LogP contribution in [0.25, 0.3) is 0 Å². The number of halogens is 1. The van der Waals surface area contributed by atoms with Crippen molar-refractivity contribution in [2.24, 2.45) is 0 Å². The number of benzene rings is 1. The van der Waals surface area contributed by atoms with Crippen LogP contribution < -0.4 is 16.0 Å². The summed E-state index contributed by atoms with van der Waals surface area (Å²) in [5, 5.41) is 5.54. The molecule has 2 rings (SSSR count). The zero-order valence-corrected chi connectivity index (χ0v) is 11.2.